The summed E-state index contributed by atoms with van der Waals surface area (Å²) in [6, 6.07) is -0.551. The summed E-state index contributed by atoms with van der Waals surface area (Å²) in [5.74, 6) is -0.0536. The minimum Gasteiger partial charge on any atom is -0.394 e. The molecule has 2 atom stereocenters. The first-order valence-corrected chi connectivity index (χ1v) is 24.3. The molecule has 4 nitrogen and oxygen atoms in total. The topological polar surface area (TPSA) is 69.6 Å². The molecule has 0 aromatic carbocycles. The summed E-state index contributed by atoms with van der Waals surface area (Å²) >= 11 is 0. The Morgan fingerprint density at radius 3 is 1.20 bits per heavy atom. The Kier molecular flexibility index (Phi) is 45.3. The van der Waals surface area contributed by atoms with Crippen LogP contribution >= 0.6 is 0 Å². The predicted molar refractivity (Wildman–Crippen MR) is 244 cm³/mol. The molecule has 0 aliphatic carbocycles. The summed E-state index contributed by atoms with van der Waals surface area (Å²) in [6.07, 6.45) is 63.6. The van der Waals surface area contributed by atoms with E-state index in [4.69, 9.17) is 0 Å². The maximum atomic E-state index is 12.4. The zero-order chi connectivity index (χ0) is 40.0. The smallest absolute Gasteiger partial charge is 0.220 e. The van der Waals surface area contributed by atoms with Crippen molar-refractivity contribution in [2.75, 3.05) is 6.61 Å². The number of aliphatic hydroxyl groups excluding tert-OH is 2. The summed E-state index contributed by atoms with van der Waals surface area (Å²) in [5.41, 5.74) is 0. The zero-order valence-electron chi connectivity index (χ0n) is 36.9. The molecule has 3 N–H and O–H groups in total. The van der Waals surface area contributed by atoms with Gasteiger partial charge in [-0.25, -0.2) is 0 Å². The monoisotopic (exact) mass is 770 g/mol. The molecule has 0 radical (unpaired) electrons. The van der Waals surface area contributed by atoms with Gasteiger partial charge in [-0.05, 0) is 51.4 Å². The average Bonchev–Trinajstić information content (AvgIpc) is 3.19. The number of hydrogen-bond acceptors (Lipinski definition) is 3. The quantitative estimate of drug-likeness (QED) is 0.0427. The van der Waals surface area contributed by atoms with Crippen molar-refractivity contribution in [3.8, 4) is 0 Å². The van der Waals surface area contributed by atoms with E-state index in [9.17, 15) is 15.0 Å². The van der Waals surface area contributed by atoms with Crippen molar-refractivity contribution in [1.82, 2.24) is 5.32 Å². The van der Waals surface area contributed by atoms with Gasteiger partial charge in [-0.1, -0.05) is 242 Å². The number of amides is 1. The zero-order valence-corrected chi connectivity index (χ0v) is 36.9. The molecule has 0 aromatic rings. The van der Waals surface area contributed by atoms with Gasteiger partial charge >= 0.3 is 0 Å². The largest absolute Gasteiger partial charge is 0.394 e. The summed E-state index contributed by atoms with van der Waals surface area (Å²) in [6.45, 7) is 4.25. The van der Waals surface area contributed by atoms with Gasteiger partial charge in [-0.3, -0.25) is 4.79 Å². The summed E-state index contributed by atoms with van der Waals surface area (Å²) in [7, 11) is 0. The first kappa shape index (κ1) is 53.4. The molecule has 0 aromatic heterocycles. The van der Waals surface area contributed by atoms with Gasteiger partial charge in [0.1, 0.15) is 0 Å². The fourth-order valence-electron chi connectivity index (χ4n) is 7.41. The second-order valence-corrected chi connectivity index (χ2v) is 16.5. The van der Waals surface area contributed by atoms with Crippen molar-refractivity contribution in [1.29, 1.82) is 0 Å². The first-order chi connectivity index (χ1) is 27.2. The maximum Gasteiger partial charge on any atom is 0.220 e. The highest BCUT2D eigenvalue weighted by Crippen LogP contribution is 2.17. The molecule has 0 heterocycles. The molecule has 322 valence electrons. The Balaban J connectivity index is 3.50. The number of nitrogens with one attached hydrogen (secondary N) is 1. The molecule has 1 amide bonds. The molecule has 0 saturated carbocycles. The highest BCUT2D eigenvalue weighted by atomic mass is 16.3. The number of hydrogen-bond donors (Lipinski definition) is 3. The lowest BCUT2D eigenvalue weighted by molar-refractivity contribution is -0.123. The standard InChI is InChI=1S/C51H95NO3/c1-3-5-7-9-11-13-15-17-19-21-22-23-24-25-26-27-28-29-31-32-34-36-38-40-42-44-46-50(54)49(48-53)52-51(55)47-45-43-41-39-37-35-33-30-20-18-16-14-12-10-8-6-4-2/h6,8,12,14,18,20,33,35,49-50,53-54H,3-5,7,9-11,13,15-17,19,21-32,34,36-48H2,1-2H3,(H,52,55)/b8-6-,14-12-,20-18-,35-33-. The molecule has 0 rings (SSSR count). The summed E-state index contributed by atoms with van der Waals surface area (Å²) in [5, 5.41) is 23.2. The van der Waals surface area contributed by atoms with Gasteiger partial charge in [-0.2, -0.15) is 0 Å². The SMILES string of the molecule is CC/C=C\C/C=C\C/C=C\C/C=C\CCCCCCC(=O)NC(CO)C(O)CCCCCCCCCCCCCCCCCCCCCCCCCCCC. The highest BCUT2D eigenvalue weighted by Gasteiger charge is 2.20. The van der Waals surface area contributed by atoms with E-state index in [1.54, 1.807) is 0 Å². The van der Waals surface area contributed by atoms with E-state index in [0.717, 1.165) is 70.6 Å². The fraction of sp³-hybridized carbons (Fsp3) is 0.824. The van der Waals surface area contributed by atoms with Crippen LogP contribution in [0.5, 0.6) is 0 Å². The van der Waals surface area contributed by atoms with Gasteiger partial charge < -0.3 is 15.5 Å². The van der Waals surface area contributed by atoms with Crippen LogP contribution in [0.3, 0.4) is 0 Å². The first-order valence-electron chi connectivity index (χ1n) is 24.3. The van der Waals surface area contributed by atoms with Crippen LogP contribution < -0.4 is 5.32 Å². The molecule has 0 bridgehead atoms. The van der Waals surface area contributed by atoms with Crippen LogP contribution in [0.4, 0.5) is 0 Å². The normalized spacial score (nSPS) is 13.3. The van der Waals surface area contributed by atoms with Crippen LogP contribution in [-0.2, 0) is 4.79 Å². The number of rotatable bonds is 44. The fourth-order valence-corrected chi connectivity index (χ4v) is 7.41. The van der Waals surface area contributed by atoms with Gasteiger partial charge in [0.15, 0.2) is 0 Å². The predicted octanol–water partition coefficient (Wildman–Crippen LogP) is 15.5. The van der Waals surface area contributed by atoms with E-state index in [2.05, 4.69) is 67.8 Å². The third kappa shape index (κ3) is 43.3. The molecule has 0 fully saturated rings. The number of allylic oxidation sites excluding steroid dienone is 8. The van der Waals surface area contributed by atoms with Crippen LogP contribution in [0.2, 0.25) is 0 Å². The molecule has 2 unspecified atom stereocenters. The lowest BCUT2D eigenvalue weighted by Gasteiger charge is -2.22. The second kappa shape index (κ2) is 46.7. The molecule has 0 aliphatic rings. The van der Waals surface area contributed by atoms with Crippen molar-refractivity contribution in [2.45, 2.75) is 264 Å². The number of unbranched alkanes of at least 4 members (excludes halogenated alkanes) is 29. The lowest BCUT2D eigenvalue weighted by Crippen LogP contribution is -2.45. The van der Waals surface area contributed by atoms with Gasteiger partial charge in [0.25, 0.3) is 0 Å². The van der Waals surface area contributed by atoms with Crippen molar-refractivity contribution in [2.24, 2.45) is 0 Å². The molecular weight excluding hydrogens is 675 g/mol. The van der Waals surface area contributed by atoms with Crippen molar-refractivity contribution in [3.63, 3.8) is 0 Å². The lowest BCUT2D eigenvalue weighted by atomic mass is 10.0. The minimum absolute atomic E-state index is 0.0536. The van der Waals surface area contributed by atoms with Crippen LogP contribution in [0.15, 0.2) is 48.6 Å². The highest BCUT2D eigenvalue weighted by molar-refractivity contribution is 5.76. The third-order valence-corrected chi connectivity index (χ3v) is 11.1. The Hall–Kier alpha value is -1.65. The molecule has 0 aliphatic heterocycles. The summed E-state index contributed by atoms with van der Waals surface area (Å²) < 4.78 is 0. The maximum absolute atomic E-state index is 12.4. The number of carbonyl (C=O) groups is 1. The Morgan fingerprint density at radius 1 is 0.455 bits per heavy atom. The number of carbonyl (C=O) groups excluding carboxylic acids is 1. The van der Waals surface area contributed by atoms with E-state index < -0.39 is 12.1 Å². The Morgan fingerprint density at radius 2 is 0.800 bits per heavy atom. The van der Waals surface area contributed by atoms with Gasteiger partial charge in [0.2, 0.25) is 5.91 Å². The van der Waals surface area contributed by atoms with Gasteiger partial charge in [0.05, 0.1) is 18.8 Å². The molecule has 4 heteroatoms. The van der Waals surface area contributed by atoms with E-state index in [1.807, 2.05) is 0 Å². The van der Waals surface area contributed by atoms with Crippen LogP contribution in [0.1, 0.15) is 251 Å². The molecule has 0 spiro atoms. The van der Waals surface area contributed by atoms with E-state index >= 15 is 0 Å². The minimum atomic E-state index is -0.672. The molecule has 55 heavy (non-hydrogen) atoms. The molecule has 0 saturated heterocycles. The Bertz CT molecular complexity index is 877. The van der Waals surface area contributed by atoms with Gasteiger partial charge in [0, 0.05) is 6.42 Å². The van der Waals surface area contributed by atoms with Crippen molar-refractivity contribution >= 4 is 5.91 Å². The second-order valence-electron chi connectivity index (χ2n) is 16.5. The summed E-state index contributed by atoms with van der Waals surface area (Å²) in [4.78, 5) is 12.4. The van der Waals surface area contributed by atoms with Crippen molar-refractivity contribution in [3.05, 3.63) is 48.6 Å². The molecular formula is C51H95NO3. The average molecular weight is 770 g/mol. The van der Waals surface area contributed by atoms with E-state index in [1.165, 1.54) is 154 Å². The number of aliphatic hydroxyl groups is 2. The van der Waals surface area contributed by atoms with Crippen molar-refractivity contribution < 1.29 is 15.0 Å². The van der Waals surface area contributed by atoms with Crippen LogP contribution in [-0.4, -0.2) is 34.9 Å². The van der Waals surface area contributed by atoms with E-state index in [0.29, 0.717) is 12.8 Å². The van der Waals surface area contributed by atoms with E-state index in [-0.39, 0.29) is 12.5 Å². The Labute approximate surface area is 344 Å². The third-order valence-electron chi connectivity index (χ3n) is 11.1. The van der Waals surface area contributed by atoms with Crippen LogP contribution in [0, 0.1) is 0 Å². The van der Waals surface area contributed by atoms with Gasteiger partial charge in [-0.15, -0.1) is 0 Å². The van der Waals surface area contributed by atoms with Crippen LogP contribution in [0.25, 0.3) is 0 Å².